The molecule has 3 amide bonds. The van der Waals surface area contributed by atoms with E-state index in [9.17, 15) is 19.5 Å². The zero-order valence-corrected chi connectivity index (χ0v) is 22.0. The zero-order valence-electron chi connectivity index (χ0n) is 22.0. The normalized spacial score (nSPS) is 17.7. The topological polar surface area (TPSA) is 159 Å². The van der Waals surface area contributed by atoms with E-state index in [-0.39, 0.29) is 28.9 Å². The van der Waals surface area contributed by atoms with Gasteiger partial charge in [0.2, 0.25) is 5.88 Å². The molecular formula is C26H32N6O6. The van der Waals surface area contributed by atoms with Gasteiger partial charge in [0.25, 0.3) is 5.91 Å². The Morgan fingerprint density at radius 3 is 2.66 bits per heavy atom. The van der Waals surface area contributed by atoms with Crippen molar-refractivity contribution in [3.05, 3.63) is 41.9 Å². The summed E-state index contributed by atoms with van der Waals surface area (Å²) in [5.41, 5.74) is 1.83. The molecule has 0 saturated carbocycles. The first-order chi connectivity index (χ1) is 17.9. The largest absolute Gasteiger partial charge is 0.465 e. The zero-order chi connectivity index (χ0) is 27.6. The fraction of sp³-hybridized carbons (Fsp3) is 0.423. The summed E-state index contributed by atoms with van der Waals surface area (Å²) in [5, 5.41) is 17.2. The molecule has 38 heavy (non-hydrogen) atoms. The molecule has 2 atom stereocenters. The molecule has 4 heterocycles. The first kappa shape index (κ1) is 26.7. The summed E-state index contributed by atoms with van der Waals surface area (Å²) < 4.78 is 11.1. The number of amides is 3. The van der Waals surface area contributed by atoms with Crippen LogP contribution in [0.4, 0.5) is 26.8 Å². The van der Waals surface area contributed by atoms with E-state index in [0.29, 0.717) is 36.5 Å². The van der Waals surface area contributed by atoms with Crippen molar-refractivity contribution in [1.29, 1.82) is 0 Å². The second-order valence-corrected chi connectivity index (χ2v) is 10.5. The van der Waals surface area contributed by atoms with E-state index in [1.165, 1.54) is 6.20 Å². The molecule has 0 radical (unpaired) electrons. The second kappa shape index (κ2) is 10.6. The van der Waals surface area contributed by atoms with Crippen molar-refractivity contribution in [3.8, 4) is 0 Å². The standard InChI is InChI=1S/C26H32N6O6/c1-14-9-19-21(28-10-14)20(23(37-19)31-25(36)38-26(3,4)5)22(33)30-17-11-27-7-6-18(17)32-12-15(2)8-16(13-32)29-24(34)35/h6-7,9-11,15-16,29H,8,12-13H2,1-5H3,(H,30,33)(H,31,36)(H,34,35)/t15-,16+/m1/s1. The van der Waals surface area contributed by atoms with Crippen LogP contribution in [-0.2, 0) is 4.74 Å². The molecule has 12 nitrogen and oxygen atoms in total. The molecule has 12 heteroatoms. The number of carboxylic acid groups (broad SMARTS) is 1. The highest BCUT2D eigenvalue weighted by molar-refractivity contribution is 6.16. The number of nitrogens with zero attached hydrogens (tertiary/aromatic N) is 3. The summed E-state index contributed by atoms with van der Waals surface area (Å²) in [5.74, 6) is -0.439. The van der Waals surface area contributed by atoms with Crippen molar-refractivity contribution in [1.82, 2.24) is 15.3 Å². The average Bonchev–Trinajstić information content (AvgIpc) is 3.13. The van der Waals surface area contributed by atoms with Gasteiger partial charge in [-0.05, 0) is 57.7 Å². The number of hydrogen-bond acceptors (Lipinski definition) is 8. The first-order valence-corrected chi connectivity index (χ1v) is 12.3. The quantitative estimate of drug-likeness (QED) is 0.374. The van der Waals surface area contributed by atoms with Crippen molar-refractivity contribution in [2.75, 3.05) is 28.6 Å². The van der Waals surface area contributed by atoms with E-state index in [1.807, 2.05) is 18.7 Å². The minimum Gasteiger partial charge on any atom is -0.465 e. The van der Waals surface area contributed by atoms with Gasteiger partial charge in [0.1, 0.15) is 16.7 Å². The number of aromatic nitrogens is 2. The van der Waals surface area contributed by atoms with Crippen molar-refractivity contribution >= 4 is 46.5 Å². The van der Waals surface area contributed by atoms with Crippen molar-refractivity contribution in [3.63, 3.8) is 0 Å². The fourth-order valence-electron chi connectivity index (χ4n) is 4.54. The molecule has 0 unspecified atom stereocenters. The Kier molecular flexibility index (Phi) is 7.42. The van der Waals surface area contributed by atoms with Crippen molar-refractivity contribution < 1.29 is 28.6 Å². The van der Waals surface area contributed by atoms with E-state index in [2.05, 4.69) is 25.9 Å². The number of carbonyl (C=O) groups excluding carboxylic acids is 2. The summed E-state index contributed by atoms with van der Waals surface area (Å²) in [6.07, 6.45) is 3.59. The highest BCUT2D eigenvalue weighted by Crippen LogP contribution is 2.33. The van der Waals surface area contributed by atoms with Gasteiger partial charge >= 0.3 is 12.2 Å². The average molecular weight is 525 g/mol. The molecule has 202 valence electrons. The first-order valence-electron chi connectivity index (χ1n) is 12.3. The maximum absolute atomic E-state index is 13.6. The molecule has 3 aromatic heterocycles. The molecule has 4 N–H and O–H groups in total. The van der Waals surface area contributed by atoms with Crippen LogP contribution < -0.4 is 20.9 Å². The van der Waals surface area contributed by atoms with Gasteiger partial charge in [-0.15, -0.1) is 0 Å². The third-order valence-electron chi connectivity index (χ3n) is 5.88. The predicted molar refractivity (Wildman–Crippen MR) is 142 cm³/mol. The number of rotatable bonds is 5. The summed E-state index contributed by atoms with van der Waals surface area (Å²) in [6.45, 7) is 10.2. The summed E-state index contributed by atoms with van der Waals surface area (Å²) in [6, 6.07) is 3.22. The minimum atomic E-state index is -1.08. The van der Waals surface area contributed by atoms with Crippen LogP contribution in [-0.4, -0.2) is 57.9 Å². The molecule has 0 spiro atoms. The molecule has 4 rings (SSSR count). The number of carbonyl (C=O) groups is 3. The van der Waals surface area contributed by atoms with Crippen LogP contribution >= 0.6 is 0 Å². The van der Waals surface area contributed by atoms with Crippen LogP contribution in [0.5, 0.6) is 0 Å². The lowest BCUT2D eigenvalue weighted by Gasteiger charge is -2.38. The molecule has 1 fully saturated rings. The predicted octanol–water partition coefficient (Wildman–Crippen LogP) is 4.61. The van der Waals surface area contributed by atoms with Gasteiger partial charge in [0.05, 0.1) is 17.6 Å². The van der Waals surface area contributed by atoms with Gasteiger partial charge in [-0.25, -0.2) is 9.59 Å². The Labute approximate surface area is 219 Å². The highest BCUT2D eigenvalue weighted by Gasteiger charge is 2.30. The Morgan fingerprint density at radius 1 is 1.18 bits per heavy atom. The van der Waals surface area contributed by atoms with Crippen LogP contribution in [0.25, 0.3) is 11.1 Å². The second-order valence-electron chi connectivity index (χ2n) is 10.5. The van der Waals surface area contributed by atoms with Crippen molar-refractivity contribution in [2.24, 2.45) is 5.92 Å². The SMILES string of the molecule is Cc1cnc2c(C(=O)Nc3cnccc3N3C[C@H](C)C[C@H](NC(=O)O)C3)c(NC(=O)OC(C)(C)C)oc2c1. The number of furan rings is 1. The van der Waals surface area contributed by atoms with E-state index < -0.39 is 23.7 Å². The van der Waals surface area contributed by atoms with E-state index in [1.54, 1.807) is 45.3 Å². The summed E-state index contributed by atoms with van der Waals surface area (Å²) >= 11 is 0. The lowest BCUT2D eigenvalue weighted by atomic mass is 9.95. The lowest BCUT2D eigenvalue weighted by molar-refractivity contribution is 0.0632. The highest BCUT2D eigenvalue weighted by atomic mass is 16.6. The Balaban J connectivity index is 1.65. The monoisotopic (exact) mass is 524 g/mol. The van der Waals surface area contributed by atoms with Gasteiger partial charge in [-0.1, -0.05) is 6.92 Å². The molecular weight excluding hydrogens is 492 g/mol. The molecule has 0 aliphatic carbocycles. The Bertz CT molecular complexity index is 1360. The van der Waals surface area contributed by atoms with Gasteiger partial charge in [0.15, 0.2) is 5.58 Å². The van der Waals surface area contributed by atoms with Crippen LogP contribution in [0.3, 0.4) is 0 Å². The van der Waals surface area contributed by atoms with E-state index in [4.69, 9.17) is 9.15 Å². The number of piperidine rings is 1. The number of anilines is 3. The van der Waals surface area contributed by atoms with Crippen LogP contribution in [0.15, 0.2) is 35.1 Å². The maximum atomic E-state index is 13.6. The molecule has 1 aliphatic rings. The summed E-state index contributed by atoms with van der Waals surface area (Å²) in [7, 11) is 0. The number of fused-ring (bicyclic) bond motifs is 1. The van der Waals surface area contributed by atoms with Gasteiger partial charge in [0, 0.05) is 31.5 Å². The third kappa shape index (κ3) is 6.31. The smallest absolute Gasteiger partial charge is 0.414 e. The molecule has 1 aliphatic heterocycles. The number of hydrogen-bond donors (Lipinski definition) is 4. The number of ether oxygens (including phenoxy) is 1. The number of aryl methyl sites for hydroxylation is 1. The van der Waals surface area contributed by atoms with E-state index in [0.717, 1.165) is 5.56 Å². The molecule has 0 bridgehead atoms. The molecule has 1 saturated heterocycles. The van der Waals surface area contributed by atoms with Gasteiger partial charge in [-0.3, -0.25) is 20.1 Å². The molecule has 0 aromatic carbocycles. The maximum Gasteiger partial charge on any atom is 0.414 e. The van der Waals surface area contributed by atoms with Crippen LogP contribution in [0, 0.1) is 12.8 Å². The van der Waals surface area contributed by atoms with E-state index >= 15 is 0 Å². The Morgan fingerprint density at radius 2 is 1.95 bits per heavy atom. The lowest BCUT2D eigenvalue weighted by Crippen LogP contribution is -2.50. The van der Waals surface area contributed by atoms with Crippen molar-refractivity contribution in [2.45, 2.75) is 52.7 Å². The van der Waals surface area contributed by atoms with Crippen LogP contribution in [0.1, 0.15) is 50.0 Å². The molecule has 3 aromatic rings. The van der Waals surface area contributed by atoms with Gasteiger partial charge in [-0.2, -0.15) is 0 Å². The van der Waals surface area contributed by atoms with Crippen LogP contribution in [0.2, 0.25) is 0 Å². The number of pyridine rings is 2. The fourth-order valence-corrected chi connectivity index (χ4v) is 4.54. The summed E-state index contributed by atoms with van der Waals surface area (Å²) in [4.78, 5) is 47.9. The number of nitrogens with one attached hydrogen (secondary N) is 3. The third-order valence-corrected chi connectivity index (χ3v) is 5.88. The van der Waals surface area contributed by atoms with Gasteiger partial charge < -0.3 is 29.8 Å². The minimum absolute atomic E-state index is 0.0399. The Hall–Kier alpha value is -4.35.